The zero-order valence-electron chi connectivity index (χ0n) is 36.1. The molecule has 0 spiro atoms. The van der Waals surface area contributed by atoms with Gasteiger partial charge in [-0.3, -0.25) is 18.6 Å². The Hall–Kier alpha value is -1.77. The number of carbonyl (C=O) groups excluding carboxylic acids is 2. The van der Waals surface area contributed by atoms with E-state index in [0.29, 0.717) is 6.42 Å². The van der Waals surface area contributed by atoms with Crippen LogP contribution in [0.5, 0.6) is 0 Å². The largest absolute Gasteiger partial charge is 0.472 e. The molecule has 0 heterocycles. The number of rotatable bonds is 43. The van der Waals surface area contributed by atoms with Gasteiger partial charge in [-0.1, -0.05) is 166 Å². The van der Waals surface area contributed by atoms with Crippen LogP contribution in [0.4, 0.5) is 0 Å². The third-order valence-corrected chi connectivity index (χ3v) is 10.8. The van der Waals surface area contributed by atoms with Crippen molar-refractivity contribution in [3.63, 3.8) is 0 Å². The number of hydrogen-bond donors (Lipinski definition) is 3. The van der Waals surface area contributed by atoms with E-state index < -0.39 is 26.5 Å². The highest BCUT2D eigenvalue weighted by atomic mass is 31.2. The van der Waals surface area contributed by atoms with E-state index in [4.69, 9.17) is 13.8 Å². The molecule has 56 heavy (non-hydrogen) atoms. The van der Waals surface area contributed by atoms with Crippen LogP contribution in [0.15, 0.2) is 36.5 Å². The lowest BCUT2D eigenvalue weighted by atomic mass is 10.1. The minimum absolute atomic E-state index is 0.0789. The van der Waals surface area contributed by atoms with Crippen molar-refractivity contribution in [1.82, 2.24) is 5.32 Å². The number of unbranched alkanes of at least 4 members (excludes halogenated alkanes) is 24. The summed E-state index contributed by atoms with van der Waals surface area (Å²) in [5, 5.41) is 12.7. The molecule has 0 aliphatic heterocycles. The van der Waals surface area contributed by atoms with Crippen LogP contribution in [0.25, 0.3) is 0 Å². The van der Waals surface area contributed by atoms with E-state index in [9.17, 15) is 24.2 Å². The minimum Gasteiger partial charge on any atom is -0.463 e. The topological polar surface area (TPSA) is 131 Å². The summed E-state index contributed by atoms with van der Waals surface area (Å²) in [7, 11) is -4.42. The van der Waals surface area contributed by atoms with E-state index in [1.807, 2.05) is 0 Å². The lowest BCUT2D eigenvalue weighted by molar-refractivity contribution is -0.147. The first-order valence-electron chi connectivity index (χ1n) is 23.0. The van der Waals surface area contributed by atoms with Gasteiger partial charge in [-0.15, -0.1) is 0 Å². The smallest absolute Gasteiger partial charge is 0.463 e. The number of hydrogen-bond acceptors (Lipinski definition) is 7. The second kappa shape index (κ2) is 42.8. The molecule has 0 bridgehead atoms. The molecule has 0 fully saturated rings. The maximum absolute atomic E-state index is 12.1. The molecule has 0 aliphatic carbocycles. The molecule has 0 aromatic heterocycles. The lowest BCUT2D eigenvalue weighted by Gasteiger charge is -2.15. The number of aliphatic hydroxyl groups excluding tert-OH is 1. The van der Waals surface area contributed by atoms with Crippen LogP contribution in [0, 0.1) is 0 Å². The van der Waals surface area contributed by atoms with Crippen LogP contribution in [-0.4, -0.2) is 54.3 Å². The Bertz CT molecular complexity index is 1020. The SMILES string of the molecule is CCCCC/C=C\C/C=C\CCCCCCCCCC(=O)OCC(O)COP(=O)(O)OCCNC(=O)CCCCCCCCC/C=C\CCCCCCCCC. The Morgan fingerprint density at radius 3 is 1.48 bits per heavy atom. The Morgan fingerprint density at radius 2 is 0.964 bits per heavy atom. The van der Waals surface area contributed by atoms with Crippen LogP contribution in [0.1, 0.15) is 213 Å². The Kier molecular flexibility index (Phi) is 41.5. The van der Waals surface area contributed by atoms with Gasteiger partial charge in [0.25, 0.3) is 0 Å². The number of phosphoric ester groups is 1. The summed E-state index contributed by atoms with van der Waals surface area (Å²) >= 11 is 0. The fourth-order valence-electron chi connectivity index (χ4n) is 6.29. The first-order valence-corrected chi connectivity index (χ1v) is 24.5. The highest BCUT2D eigenvalue weighted by molar-refractivity contribution is 7.47. The average Bonchev–Trinajstić information content (AvgIpc) is 3.18. The van der Waals surface area contributed by atoms with Gasteiger partial charge in [0, 0.05) is 19.4 Å². The third-order valence-electron chi connectivity index (χ3n) is 9.79. The van der Waals surface area contributed by atoms with Crippen molar-refractivity contribution in [3.05, 3.63) is 36.5 Å². The molecule has 1 amide bonds. The molecule has 10 heteroatoms. The fourth-order valence-corrected chi connectivity index (χ4v) is 7.04. The van der Waals surface area contributed by atoms with Crippen LogP contribution in [0.3, 0.4) is 0 Å². The Labute approximate surface area is 343 Å². The molecule has 0 aliphatic rings. The van der Waals surface area contributed by atoms with Gasteiger partial charge in [0.1, 0.15) is 12.7 Å². The second-order valence-electron chi connectivity index (χ2n) is 15.4. The van der Waals surface area contributed by atoms with Crippen LogP contribution >= 0.6 is 7.82 Å². The maximum Gasteiger partial charge on any atom is 0.472 e. The summed E-state index contributed by atoms with van der Waals surface area (Å²) in [5.74, 6) is -0.525. The zero-order valence-corrected chi connectivity index (χ0v) is 37.0. The maximum atomic E-state index is 12.1. The molecular formula is C46H86NO8P. The van der Waals surface area contributed by atoms with Gasteiger partial charge in [-0.2, -0.15) is 0 Å². The monoisotopic (exact) mass is 812 g/mol. The van der Waals surface area contributed by atoms with E-state index in [1.54, 1.807) is 0 Å². The number of carbonyl (C=O) groups is 2. The van der Waals surface area contributed by atoms with Crippen molar-refractivity contribution < 1.29 is 37.9 Å². The first-order chi connectivity index (χ1) is 27.3. The van der Waals surface area contributed by atoms with Crippen molar-refractivity contribution in [2.75, 3.05) is 26.4 Å². The number of nitrogens with one attached hydrogen (secondary N) is 1. The third kappa shape index (κ3) is 43.4. The number of esters is 1. The molecule has 3 N–H and O–H groups in total. The lowest BCUT2D eigenvalue weighted by Crippen LogP contribution is -2.27. The van der Waals surface area contributed by atoms with Crippen LogP contribution < -0.4 is 5.32 Å². The van der Waals surface area contributed by atoms with Gasteiger partial charge >= 0.3 is 13.8 Å². The summed E-state index contributed by atoms with van der Waals surface area (Å²) in [6, 6.07) is 0. The van der Waals surface area contributed by atoms with Crippen molar-refractivity contribution in [2.24, 2.45) is 0 Å². The summed E-state index contributed by atoms with van der Waals surface area (Å²) in [6.07, 6.45) is 47.8. The van der Waals surface area contributed by atoms with E-state index in [1.165, 1.54) is 128 Å². The van der Waals surface area contributed by atoms with Gasteiger partial charge in [0.15, 0.2) is 0 Å². The predicted molar refractivity (Wildman–Crippen MR) is 234 cm³/mol. The van der Waals surface area contributed by atoms with Gasteiger partial charge in [-0.25, -0.2) is 4.57 Å². The van der Waals surface area contributed by atoms with Gasteiger partial charge in [0.05, 0.1) is 13.2 Å². The summed E-state index contributed by atoms with van der Waals surface area (Å²) in [6.45, 7) is 3.53. The molecular weight excluding hydrogens is 725 g/mol. The molecule has 0 radical (unpaired) electrons. The van der Waals surface area contributed by atoms with Crippen LogP contribution in [-0.2, 0) is 27.9 Å². The Morgan fingerprint density at radius 1 is 0.554 bits per heavy atom. The second-order valence-corrected chi connectivity index (χ2v) is 16.8. The zero-order chi connectivity index (χ0) is 41.1. The standard InChI is InChI=1S/C46H86NO8P/c1-3-5-7-9-11-13-15-17-19-21-23-24-26-28-30-32-34-36-38-45(49)47-40-41-54-56(51,52)55-43-44(48)42-53-46(50)39-37-35-33-31-29-27-25-22-20-18-16-14-12-10-8-6-4-2/h12,14,18-21,44,48H,3-11,13,15-17,22-43H2,1-2H3,(H,47,49)(H,51,52)/b14-12-,20-18-,21-19-. The minimum atomic E-state index is -4.42. The molecule has 2 atom stereocenters. The highest BCUT2D eigenvalue weighted by Gasteiger charge is 2.23. The molecule has 0 aromatic carbocycles. The molecule has 0 saturated carbocycles. The molecule has 0 saturated heterocycles. The van der Waals surface area contributed by atoms with Crippen molar-refractivity contribution >= 4 is 19.7 Å². The number of ether oxygens (including phenoxy) is 1. The number of allylic oxidation sites excluding steroid dienone is 6. The normalized spacial score (nSPS) is 13.6. The number of amides is 1. The average molecular weight is 812 g/mol. The molecule has 2 unspecified atom stereocenters. The van der Waals surface area contributed by atoms with Gasteiger partial charge < -0.3 is 20.1 Å². The van der Waals surface area contributed by atoms with Gasteiger partial charge in [-0.05, 0) is 70.6 Å². The molecule has 9 nitrogen and oxygen atoms in total. The van der Waals surface area contributed by atoms with Crippen molar-refractivity contribution in [2.45, 2.75) is 219 Å². The van der Waals surface area contributed by atoms with E-state index >= 15 is 0 Å². The highest BCUT2D eigenvalue weighted by Crippen LogP contribution is 2.42. The summed E-state index contributed by atoms with van der Waals surface area (Å²) in [5.41, 5.74) is 0. The van der Waals surface area contributed by atoms with Crippen molar-refractivity contribution in [1.29, 1.82) is 0 Å². The number of phosphoric acid groups is 1. The fraction of sp³-hybridized carbons (Fsp3) is 0.826. The summed E-state index contributed by atoms with van der Waals surface area (Å²) < 4.78 is 26.9. The van der Waals surface area contributed by atoms with E-state index in [2.05, 4.69) is 55.6 Å². The molecule has 328 valence electrons. The van der Waals surface area contributed by atoms with E-state index in [-0.39, 0.29) is 32.1 Å². The quantitative estimate of drug-likeness (QED) is 0.0240. The number of aliphatic hydroxyl groups is 1. The molecule has 0 rings (SSSR count). The van der Waals surface area contributed by atoms with Crippen molar-refractivity contribution in [3.8, 4) is 0 Å². The van der Waals surface area contributed by atoms with Crippen LogP contribution in [0.2, 0.25) is 0 Å². The first kappa shape index (κ1) is 54.2. The summed E-state index contributed by atoms with van der Waals surface area (Å²) in [4.78, 5) is 33.9. The predicted octanol–water partition coefficient (Wildman–Crippen LogP) is 12.9. The molecule has 0 aromatic rings. The Balaban J connectivity index is 3.59. The van der Waals surface area contributed by atoms with Gasteiger partial charge in [0.2, 0.25) is 5.91 Å². The van der Waals surface area contributed by atoms with E-state index in [0.717, 1.165) is 57.8 Å².